The van der Waals surface area contributed by atoms with Crippen molar-refractivity contribution in [3.63, 3.8) is 0 Å². The number of aromatic hydroxyl groups is 3. The van der Waals surface area contributed by atoms with Gasteiger partial charge in [0.2, 0.25) is 5.75 Å². The van der Waals surface area contributed by atoms with Crippen LogP contribution in [0.25, 0.3) is 22.3 Å². The molecule has 1 aliphatic heterocycles. The average molecular weight is 464 g/mol. The number of hydrogen-bond donors (Lipinski definition) is 4. The molecule has 1 aromatic heterocycles. The first-order valence-corrected chi connectivity index (χ1v) is 10.3. The second kappa shape index (κ2) is 8.20. The van der Waals surface area contributed by atoms with Gasteiger partial charge in [-0.25, -0.2) is 0 Å². The fourth-order valence-electron chi connectivity index (χ4n) is 3.94. The van der Waals surface area contributed by atoms with E-state index in [0.717, 1.165) is 0 Å². The van der Waals surface area contributed by atoms with Crippen molar-refractivity contribution in [2.75, 3.05) is 13.7 Å². The number of methoxy groups -OCH3 is 1. The Labute approximate surface area is 192 Å². The van der Waals surface area contributed by atoms with Crippen LogP contribution in [0.1, 0.15) is 11.7 Å². The molecule has 4 N–H and O–H groups in total. The van der Waals surface area contributed by atoms with E-state index >= 15 is 0 Å². The summed E-state index contributed by atoms with van der Waals surface area (Å²) in [7, 11) is 1.41. The Kier molecular flexibility index (Phi) is 5.18. The molecule has 2 heterocycles. The van der Waals surface area contributed by atoms with Crippen LogP contribution in [0.4, 0.5) is 0 Å². The SMILES string of the molecule is COc1cc(C2Oc3cc4oc(-c5ccc(O)cc5)cc(=O)c4c(O)c3OC2CO)ccc1O. The molecule has 0 amide bonds. The van der Waals surface area contributed by atoms with Crippen LogP contribution in [0.15, 0.2) is 63.8 Å². The van der Waals surface area contributed by atoms with Gasteiger partial charge in [0.1, 0.15) is 22.5 Å². The zero-order chi connectivity index (χ0) is 24.0. The minimum atomic E-state index is -0.909. The third kappa shape index (κ3) is 3.52. The molecule has 4 aromatic rings. The van der Waals surface area contributed by atoms with Crippen LogP contribution in [0.2, 0.25) is 0 Å². The minimum absolute atomic E-state index is 0.0592. The molecule has 0 fully saturated rings. The lowest BCUT2D eigenvalue weighted by Gasteiger charge is -2.33. The summed E-state index contributed by atoms with van der Waals surface area (Å²) in [5, 5.41) is 40.1. The fourth-order valence-corrected chi connectivity index (χ4v) is 3.94. The third-order valence-electron chi connectivity index (χ3n) is 5.64. The normalized spacial score (nSPS) is 17.0. The first kappa shape index (κ1) is 21.5. The standard InChI is InChI=1S/C25H20O9/c1-31-18-8-13(4-7-15(18)28)24-21(11-26)34-25-20(33-24)10-19-22(23(25)30)16(29)9-17(32-19)12-2-5-14(27)6-3-12/h2-10,21,24,26-28,30H,11H2,1H3. The summed E-state index contributed by atoms with van der Waals surface area (Å²) in [5.74, 6) is 0.0290. The summed E-state index contributed by atoms with van der Waals surface area (Å²) in [5.41, 5.74) is 0.679. The molecule has 0 spiro atoms. The molecule has 2 atom stereocenters. The molecular formula is C25H20O9. The number of hydrogen-bond acceptors (Lipinski definition) is 9. The van der Waals surface area contributed by atoms with Crippen LogP contribution in [-0.4, -0.2) is 40.2 Å². The van der Waals surface area contributed by atoms with Gasteiger partial charge in [0.05, 0.1) is 13.7 Å². The number of phenolic OH excluding ortho intramolecular Hbond substituents is 3. The number of ether oxygens (including phenoxy) is 3. The Morgan fingerprint density at radius 3 is 2.44 bits per heavy atom. The highest BCUT2D eigenvalue weighted by molar-refractivity contribution is 5.89. The van der Waals surface area contributed by atoms with E-state index in [1.807, 2.05) is 0 Å². The van der Waals surface area contributed by atoms with Gasteiger partial charge in [0, 0.05) is 23.3 Å². The van der Waals surface area contributed by atoms with Gasteiger partial charge < -0.3 is 39.1 Å². The van der Waals surface area contributed by atoms with Crippen molar-refractivity contribution in [1.29, 1.82) is 0 Å². The maximum Gasteiger partial charge on any atom is 0.204 e. The molecule has 2 unspecified atom stereocenters. The molecule has 0 saturated heterocycles. The van der Waals surface area contributed by atoms with Crippen molar-refractivity contribution in [2.45, 2.75) is 12.2 Å². The molecule has 0 saturated carbocycles. The molecule has 0 aliphatic carbocycles. The molecule has 5 rings (SSSR count). The van der Waals surface area contributed by atoms with E-state index in [-0.39, 0.29) is 45.5 Å². The van der Waals surface area contributed by atoms with Crippen LogP contribution < -0.4 is 19.6 Å². The molecule has 9 nitrogen and oxygen atoms in total. The molecule has 1 aliphatic rings. The number of aliphatic hydroxyl groups excluding tert-OH is 1. The number of rotatable bonds is 4. The van der Waals surface area contributed by atoms with Gasteiger partial charge in [-0.3, -0.25) is 4.79 Å². The highest BCUT2D eigenvalue weighted by Crippen LogP contribution is 2.48. The van der Waals surface area contributed by atoms with Gasteiger partial charge in [0.15, 0.2) is 40.6 Å². The summed E-state index contributed by atoms with van der Waals surface area (Å²) in [6, 6.07) is 13.4. The summed E-state index contributed by atoms with van der Waals surface area (Å²) in [4.78, 5) is 12.8. The van der Waals surface area contributed by atoms with Gasteiger partial charge in [-0.1, -0.05) is 6.07 Å². The fraction of sp³-hybridized carbons (Fsp3) is 0.160. The smallest absolute Gasteiger partial charge is 0.204 e. The van der Waals surface area contributed by atoms with Crippen molar-refractivity contribution in [2.24, 2.45) is 0 Å². The van der Waals surface area contributed by atoms with Gasteiger partial charge in [0.25, 0.3) is 0 Å². The van der Waals surface area contributed by atoms with Crippen molar-refractivity contribution < 1.29 is 39.1 Å². The molecular weight excluding hydrogens is 444 g/mol. The summed E-state index contributed by atoms with van der Waals surface area (Å²) in [6.07, 6.45) is -1.72. The molecule has 3 aromatic carbocycles. The Bertz CT molecular complexity index is 1440. The first-order chi connectivity index (χ1) is 16.4. The average Bonchev–Trinajstić information content (AvgIpc) is 2.84. The lowest BCUT2D eigenvalue weighted by Crippen LogP contribution is -2.36. The second-order valence-corrected chi connectivity index (χ2v) is 7.76. The van der Waals surface area contributed by atoms with Gasteiger partial charge in [-0.05, 0) is 36.4 Å². The van der Waals surface area contributed by atoms with Crippen LogP contribution in [-0.2, 0) is 0 Å². The van der Waals surface area contributed by atoms with Gasteiger partial charge in [-0.2, -0.15) is 0 Å². The molecule has 34 heavy (non-hydrogen) atoms. The third-order valence-corrected chi connectivity index (χ3v) is 5.64. The predicted molar refractivity (Wildman–Crippen MR) is 121 cm³/mol. The van der Waals surface area contributed by atoms with Gasteiger partial charge in [-0.15, -0.1) is 0 Å². The number of fused-ring (bicyclic) bond motifs is 2. The molecule has 9 heteroatoms. The summed E-state index contributed by atoms with van der Waals surface area (Å²) >= 11 is 0. The number of phenols is 3. The van der Waals surface area contributed by atoms with Crippen LogP contribution in [0, 0.1) is 0 Å². The summed E-state index contributed by atoms with van der Waals surface area (Å²) < 4.78 is 22.9. The van der Waals surface area contributed by atoms with Gasteiger partial charge >= 0.3 is 0 Å². The molecule has 0 radical (unpaired) electrons. The van der Waals surface area contributed by atoms with Crippen LogP contribution >= 0.6 is 0 Å². The number of benzene rings is 3. The lowest BCUT2D eigenvalue weighted by molar-refractivity contribution is -0.0139. The van der Waals surface area contributed by atoms with E-state index in [4.69, 9.17) is 18.6 Å². The minimum Gasteiger partial charge on any atom is -0.508 e. The molecule has 0 bridgehead atoms. The zero-order valence-corrected chi connectivity index (χ0v) is 17.9. The van der Waals surface area contributed by atoms with Crippen molar-refractivity contribution in [3.8, 4) is 45.8 Å². The molecule has 174 valence electrons. The van der Waals surface area contributed by atoms with E-state index < -0.39 is 30.0 Å². The van der Waals surface area contributed by atoms with Crippen molar-refractivity contribution in [3.05, 3.63) is 70.4 Å². The Morgan fingerprint density at radius 2 is 1.74 bits per heavy atom. The zero-order valence-electron chi connectivity index (χ0n) is 17.9. The van der Waals surface area contributed by atoms with Crippen molar-refractivity contribution in [1.82, 2.24) is 0 Å². The topological polar surface area (TPSA) is 139 Å². The predicted octanol–water partition coefficient (Wildman–Crippen LogP) is 3.46. The highest BCUT2D eigenvalue weighted by atomic mass is 16.6. The lowest BCUT2D eigenvalue weighted by atomic mass is 10.0. The Hall–Kier alpha value is -4.37. The van der Waals surface area contributed by atoms with Crippen LogP contribution in [0.3, 0.4) is 0 Å². The van der Waals surface area contributed by atoms with E-state index in [1.54, 1.807) is 24.3 Å². The summed E-state index contributed by atoms with van der Waals surface area (Å²) in [6.45, 7) is -0.445. The first-order valence-electron chi connectivity index (χ1n) is 10.3. The highest BCUT2D eigenvalue weighted by Gasteiger charge is 2.36. The maximum atomic E-state index is 12.8. The van der Waals surface area contributed by atoms with E-state index in [1.165, 1.54) is 37.4 Å². The second-order valence-electron chi connectivity index (χ2n) is 7.76. The number of aliphatic hydroxyl groups is 1. The van der Waals surface area contributed by atoms with E-state index in [9.17, 15) is 25.2 Å². The Balaban J connectivity index is 1.62. The largest absolute Gasteiger partial charge is 0.508 e. The monoisotopic (exact) mass is 464 g/mol. The maximum absolute atomic E-state index is 12.8. The van der Waals surface area contributed by atoms with Crippen LogP contribution in [0.5, 0.6) is 34.5 Å². The van der Waals surface area contributed by atoms with E-state index in [0.29, 0.717) is 11.1 Å². The van der Waals surface area contributed by atoms with Crippen molar-refractivity contribution >= 4 is 11.0 Å². The quantitative estimate of drug-likeness (QED) is 0.358. The van der Waals surface area contributed by atoms with E-state index in [2.05, 4.69) is 0 Å². The Morgan fingerprint density at radius 1 is 0.971 bits per heavy atom.